The van der Waals surface area contributed by atoms with Crippen LogP contribution in [0.25, 0.3) is 0 Å². The summed E-state index contributed by atoms with van der Waals surface area (Å²) in [4.78, 5) is 20.6. The van der Waals surface area contributed by atoms with Crippen LogP contribution in [-0.4, -0.2) is 35.6 Å². The van der Waals surface area contributed by atoms with Crippen LogP contribution >= 0.6 is 0 Å². The first-order valence-corrected chi connectivity index (χ1v) is 11.8. The minimum atomic E-state index is -0.308. The Bertz CT molecular complexity index is 807. The number of ether oxygens (including phenoxy) is 1. The van der Waals surface area contributed by atoms with Crippen molar-refractivity contribution in [3.63, 3.8) is 0 Å². The van der Waals surface area contributed by atoms with Crippen molar-refractivity contribution in [2.45, 2.75) is 72.6 Å². The molecule has 0 radical (unpaired) electrons. The van der Waals surface area contributed by atoms with Crippen LogP contribution in [0.1, 0.15) is 86.5 Å². The van der Waals surface area contributed by atoms with Crippen LogP contribution in [0.2, 0.25) is 0 Å². The number of nitrogens with one attached hydrogen (secondary N) is 1. The van der Waals surface area contributed by atoms with Crippen LogP contribution in [0.15, 0.2) is 24.3 Å². The molecule has 0 fully saturated rings. The zero-order chi connectivity index (χ0) is 23.8. The SMILES string of the molecule is CCCCCN.CCCCCNc1nc(N)nc(C)c1Cc1cccc(C(=O)OCC)c1. The van der Waals surface area contributed by atoms with Crippen LogP contribution in [0.4, 0.5) is 11.8 Å². The Kier molecular flexibility index (Phi) is 13.7. The molecular formula is C25H41N5O2. The molecule has 1 aromatic heterocycles. The number of benzene rings is 1. The zero-order valence-electron chi connectivity index (χ0n) is 20.2. The molecule has 0 saturated heterocycles. The Balaban J connectivity index is 0.000000751. The smallest absolute Gasteiger partial charge is 0.338 e. The third-order valence-corrected chi connectivity index (χ3v) is 4.93. The molecule has 178 valence electrons. The molecule has 7 nitrogen and oxygen atoms in total. The molecule has 0 unspecified atom stereocenters. The number of hydrogen-bond acceptors (Lipinski definition) is 7. The van der Waals surface area contributed by atoms with Gasteiger partial charge in [0.25, 0.3) is 0 Å². The summed E-state index contributed by atoms with van der Waals surface area (Å²) >= 11 is 0. The number of anilines is 2. The summed E-state index contributed by atoms with van der Waals surface area (Å²) in [6, 6.07) is 7.47. The molecule has 0 aliphatic rings. The molecule has 0 atom stereocenters. The fourth-order valence-electron chi connectivity index (χ4n) is 3.18. The molecule has 5 N–H and O–H groups in total. The van der Waals surface area contributed by atoms with E-state index in [0.717, 1.165) is 42.1 Å². The highest BCUT2D eigenvalue weighted by Gasteiger charge is 2.13. The number of carbonyl (C=O) groups excluding carboxylic acids is 1. The van der Waals surface area contributed by atoms with E-state index in [1.54, 1.807) is 13.0 Å². The Morgan fingerprint density at radius 3 is 2.41 bits per heavy atom. The minimum absolute atomic E-state index is 0.268. The summed E-state index contributed by atoms with van der Waals surface area (Å²) < 4.78 is 5.08. The fraction of sp³-hybridized carbons (Fsp3) is 0.560. The number of carbonyl (C=O) groups is 1. The van der Waals surface area contributed by atoms with Crippen molar-refractivity contribution in [3.8, 4) is 0 Å². The van der Waals surface area contributed by atoms with Gasteiger partial charge in [-0.15, -0.1) is 0 Å². The number of aryl methyl sites for hydroxylation is 1. The Labute approximate surface area is 193 Å². The van der Waals surface area contributed by atoms with Gasteiger partial charge in [0.15, 0.2) is 0 Å². The molecule has 1 heterocycles. The molecule has 2 rings (SSSR count). The van der Waals surface area contributed by atoms with Crippen molar-refractivity contribution in [2.24, 2.45) is 5.73 Å². The largest absolute Gasteiger partial charge is 0.462 e. The Hall–Kier alpha value is -2.67. The summed E-state index contributed by atoms with van der Waals surface area (Å²) in [5.41, 5.74) is 14.4. The Morgan fingerprint density at radius 1 is 1.06 bits per heavy atom. The number of nitrogens with zero attached hydrogens (tertiary/aromatic N) is 2. The lowest BCUT2D eigenvalue weighted by molar-refractivity contribution is 0.0526. The van der Waals surface area contributed by atoms with Crippen LogP contribution in [-0.2, 0) is 11.2 Å². The van der Waals surface area contributed by atoms with E-state index in [4.69, 9.17) is 16.2 Å². The van der Waals surface area contributed by atoms with E-state index in [1.165, 1.54) is 32.1 Å². The molecular weight excluding hydrogens is 402 g/mol. The van der Waals surface area contributed by atoms with Gasteiger partial charge in [-0.25, -0.2) is 9.78 Å². The van der Waals surface area contributed by atoms with Crippen molar-refractivity contribution >= 4 is 17.7 Å². The van der Waals surface area contributed by atoms with Crippen LogP contribution in [0.5, 0.6) is 0 Å². The normalized spacial score (nSPS) is 10.3. The van der Waals surface area contributed by atoms with Crippen LogP contribution < -0.4 is 16.8 Å². The summed E-state index contributed by atoms with van der Waals surface area (Å²) in [6.07, 6.45) is 7.79. The number of esters is 1. The topological polar surface area (TPSA) is 116 Å². The molecule has 0 aliphatic carbocycles. The van der Waals surface area contributed by atoms with E-state index < -0.39 is 0 Å². The van der Waals surface area contributed by atoms with Gasteiger partial charge in [-0.1, -0.05) is 51.7 Å². The van der Waals surface area contributed by atoms with E-state index in [1.807, 2.05) is 25.1 Å². The van der Waals surface area contributed by atoms with Crippen molar-refractivity contribution in [3.05, 3.63) is 46.6 Å². The van der Waals surface area contributed by atoms with Gasteiger partial charge in [0.2, 0.25) is 5.95 Å². The molecule has 0 aliphatic heterocycles. The lowest BCUT2D eigenvalue weighted by Crippen LogP contribution is -2.12. The summed E-state index contributed by atoms with van der Waals surface area (Å²) in [7, 11) is 0. The Morgan fingerprint density at radius 2 is 1.78 bits per heavy atom. The molecule has 2 aromatic rings. The quantitative estimate of drug-likeness (QED) is 0.316. The molecule has 0 saturated carbocycles. The summed E-state index contributed by atoms with van der Waals surface area (Å²) in [5.74, 6) is 0.731. The van der Waals surface area contributed by atoms with Crippen LogP contribution in [0, 0.1) is 6.92 Å². The first-order chi connectivity index (χ1) is 15.5. The van der Waals surface area contributed by atoms with E-state index in [0.29, 0.717) is 18.6 Å². The average molecular weight is 444 g/mol. The van der Waals surface area contributed by atoms with Gasteiger partial charge >= 0.3 is 5.97 Å². The highest BCUT2D eigenvalue weighted by molar-refractivity contribution is 5.89. The fourth-order valence-corrected chi connectivity index (χ4v) is 3.18. The maximum Gasteiger partial charge on any atom is 0.338 e. The molecule has 7 heteroatoms. The van der Waals surface area contributed by atoms with Crippen molar-refractivity contribution < 1.29 is 9.53 Å². The molecule has 0 spiro atoms. The van der Waals surface area contributed by atoms with Crippen molar-refractivity contribution in [1.82, 2.24) is 9.97 Å². The number of aromatic nitrogens is 2. The van der Waals surface area contributed by atoms with Gasteiger partial charge in [0.1, 0.15) is 5.82 Å². The second-order valence-corrected chi connectivity index (χ2v) is 7.72. The molecule has 0 bridgehead atoms. The minimum Gasteiger partial charge on any atom is -0.462 e. The maximum atomic E-state index is 12.0. The van der Waals surface area contributed by atoms with Gasteiger partial charge < -0.3 is 21.5 Å². The van der Waals surface area contributed by atoms with Crippen molar-refractivity contribution in [2.75, 3.05) is 30.7 Å². The zero-order valence-corrected chi connectivity index (χ0v) is 20.2. The second-order valence-electron chi connectivity index (χ2n) is 7.72. The standard InChI is InChI=1S/C20H28N4O2.C5H13N/c1-4-6-7-11-22-18-17(14(3)23-20(21)24-18)13-15-9-8-10-16(12-15)19(25)26-5-2;1-2-3-4-5-6/h8-10,12H,4-7,11,13H2,1-3H3,(H3,21,22,23,24);2-6H2,1H3. The predicted octanol–water partition coefficient (Wildman–Crippen LogP) is 4.87. The van der Waals surface area contributed by atoms with Crippen LogP contribution in [0.3, 0.4) is 0 Å². The lowest BCUT2D eigenvalue weighted by Gasteiger charge is -2.14. The highest BCUT2D eigenvalue weighted by atomic mass is 16.5. The number of rotatable bonds is 12. The van der Waals surface area contributed by atoms with E-state index in [2.05, 4.69) is 29.1 Å². The maximum absolute atomic E-state index is 12.0. The van der Waals surface area contributed by atoms with Gasteiger partial charge in [-0.2, -0.15) is 4.98 Å². The first kappa shape index (κ1) is 27.4. The molecule has 1 aromatic carbocycles. The number of unbranched alkanes of at least 4 members (excludes halogenated alkanes) is 4. The lowest BCUT2D eigenvalue weighted by atomic mass is 10.0. The van der Waals surface area contributed by atoms with Crippen molar-refractivity contribution in [1.29, 1.82) is 0 Å². The molecule has 0 amide bonds. The third-order valence-electron chi connectivity index (χ3n) is 4.93. The summed E-state index contributed by atoms with van der Waals surface area (Å²) in [5, 5.41) is 3.38. The summed E-state index contributed by atoms with van der Waals surface area (Å²) in [6.45, 7) is 10.1. The van der Waals surface area contributed by atoms with Gasteiger partial charge in [0, 0.05) is 24.2 Å². The average Bonchev–Trinajstić information content (AvgIpc) is 2.78. The van der Waals surface area contributed by atoms with E-state index in [9.17, 15) is 4.79 Å². The van der Waals surface area contributed by atoms with Gasteiger partial charge in [0.05, 0.1) is 12.2 Å². The van der Waals surface area contributed by atoms with Gasteiger partial charge in [-0.3, -0.25) is 0 Å². The number of hydrogen-bond donors (Lipinski definition) is 3. The number of nitrogen functional groups attached to an aromatic ring is 1. The predicted molar refractivity (Wildman–Crippen MR) is 133 cm³/mol. The first-order valence-electron chi connectivity index (χ1n) is 11.8. The number of nitrogens with two attached hydrogens (primary N) is 2. The third kappa shape index (κ3) is 10.1. The molecule has 32 heavy (non-hydrogen) atoms. The van der Waals surface area contributed by atoms with Gasteiger partial charge in [-0.05, 0) is 50.9 Å². The monoisotopic (exact) mass is 443 g/mol. The van der Waals surface area contributed by atoms with E-state index in [-0.39, 0.29) is 11.9 Å². The second kappa shape index (κ2) is 16.0. The van der Waals surface area contributed by atoms with E-state index >= 15 is 0 Å². The highest BCUT2D eigenvalue weighted by Crippen LogP contribution is 2.22.